The van der Waals surface area contributed by atoms with Crippen molar-refractivity contribution in [2.24, 2.45) is 5.92 Å². The first kappa shape index (κ1) is 10.1. The number of hydrogen-bond donors (Lipinski definition) is 0. The molecule has 0 bridgehead atoms. The van der Waals surface area contributed by atoms with Crippen LogP contribution < -0.4 is 0 Å². The van der Waals surface area contributed by atoms with Gasteiger partial charge in [0.1, 0.15) is 5.44 Å². The van der Waals surface area contributed by atoms with Crippen LogP contribution >= 0.6 is 11.8 Å². The lowest BCUT2D eigenvalue weighted by Gasteiger charge is -2.26. The van der Waals surface area contributed by atoms with Crippen molar-refractivity contribution in [3.8, 4) is 0 Å². The highest BCUT2D eigenvalue weighted by Crippen LogP contribution is 2.32. The maximum absolute atomic E-state index is 5.72. The standard InChI is InChI=1S/C12H16OS/c1-10-7-8-13-12(9-10)14-11-5-3-2-4-6-11/h2-6,10,12H,7-9H2,1H3. The van der Waals surface area contributed by atoms with Crippen molar-refractivity contribution in [1.29, 1.82) is 0 Å². The van der Waals surface area contributed by atoms with Gasteiger partial charge in [0.15, 0.2) is 0 Å². The van der Waals surface area contributed by atoms with Gasteiger partial charge >= 0.3 is 0 Å². The second-order valence-corrected chi connectivity index (χ2v) is 5.09. The molecule has 1 aromatic carbocycles. The van der Waals surface area contributed by atoms with Crippen LogP contribution in [0.5, 0.6) is 0 Å². The van der Waals surface area contributed by atoms with Gasteiger partial charge in [-0.1, -0.05) is 36.9 Å². The van der Waals surface area contributed by atoms with E-state index in [0.29, 0.717) is 5.44 Å². The molecule has 2 unspecified atom stereocenters. The minimum atomic E-state index is 0.362. The van der Waals surface area contributed by atoms with Crippen molar-refractivity contribution in [3.63, 3.8) is 0 Å². The molecule has 1 aliphatic rings. The van der Waals surface area contributed by atoms with E-state index >= 15 is 0 Å². The Kier molecular flexibility index (Phi) is 3.49. The van der Waals surface area contributed by atoms with Gasteiger partial charge < -0.3 is 4.74 Å². The molecule has 14 heavy (non-hydrogen) atoms. The summed E-state index contributed by atoms with van der Waals surface area (Å²) < 4.78 is 5.72. The van der Waals surface area contributed by atoms with Crippen LogP contribution in [-0.2, 0) is 4.74 Å². The molecule has 0 N–H and O–H groups in total. The fraction of sp³-hybridized carbons (Fsp3) is 0.500. The highest BCUT2D eigenvalue weighted by Gasteiger charge is 2.19. The summed E-state index contributed by atoms with van der Waals surface area (Å²) in [5.74, 6) is 0.810. The Labute approximate surface area is 89.9 Å². The van der Waals surface area contributed by atoms with Crippen molar-refractivity contribution in [3.05, 3.63) is 30.3 Å². The third-order valence-electron chi connectivity index (χ3n) is 2.52. The molecule has 0 radical (unpaired) electrons. The Morgan fingerprint density at radius 1 is 1.29 bits per heavy atom. The molecule has 0 spiro atoms. The van der Waals surface area contributed by atoms with E-state index in [-0.39, 0.29) is 0 Å². The van der Waals surface area contributed by atoms with Gasteiger partial charge in [0, 0.05) is 11.5 Å². The molecule has 1 heterocycles. The SMILES string of the molecule is CC1CCOC(Sc2ccccc2)C1. The summed E-state index contributed by atoms with van der Waals surface area (Å²) in [5, 5.41) is 0. The van der Waals surface area contributed by atoms with E-state index < -0.39 is 0 Å². The third kappa shape index (κ3) is 2.76. The number of rotatable bonds is 2. The number of thioether (sulfide) groups is 1. The third-order valence-corrected chi connectivity index (χ3v) is 3.66. The summed E-state index contributed by atoms with van der Waals surface area (Å²) in [6.07, 6.45) is 2.39. The van der Waals surface area contributed by atoms with Crippen LogP contribution in [0.3, 0.4) is 0 Å². The van der Waals surface area contributed by atoms with Gasteiger partial charge in [-0.25, -0.2) is 0 Å². The second kappa shape index (κ2) is 4.85. The van der Waals surface area contributed by atoms with Gasteiger partial charge in [-0.05, 0) is 30.9 Å². The molecule has 1 nitrogen and oxygen atoms in total. The van der Waals surface area contributed by atoms with Gasteiger partial charge in [-0.3, -0.25) is 0 Å². The maximum atomic E-state index is 5.72. The Bertz CT molecular complexity index is 273. The van der Waals surface area contributed by atoms with E-state index in [2.05, 4.69) is 37.3 Å². The zero-order valence-electron chi connectivity index (χ0n) is 8.48. The van der Waals surface area contributed by atoms with Gasteiger partial charge in [-0.15, -0.1) is 0 Å². The first-order chi connectivity index (χ1) is 6.84. The average Bonchev–Trinajstić information content (AvgIpc) is 2.19. The zero-order valence-corrected chi connectivity index (χ0v) is 9.30. The normalized spacial score (nSPS) is 27.5. The molecule has 2 atom stereocenters. The summed E-state index contributed by atoms with van der Waals surface area (Å²) >= 11 is 1.85. The van der Waals surface area contributed by atoms with Crippen LogP contribution in [0.15, 0.2) is 35.2 Å². The minimum Gasteiger partial charge on any atom is -0.367 e. The quantitative estimate of drug-likeness (QED) is 0.735. The maximum Gasteiger partial charge on any atom is 0.108 e. The lowest BCUT2D eigenvalue weighted by atomic mass is 10.0. The van der Waals surface area contributed by atoms with Crippen molar-refractivity contribution in [2.75, 3.05) is 6.61 Å². The predicted octanol–water partition coefficient (Wildman–Crippen LogP) is 3.55. The number of benzene rings is 1. The fourth-order valence-corrected chi connectivity index (χ4v) is 2.85. The van der Waals surface area contributed by atoms with Gasteiger partial charge in [0.2, 0.25) is 0 Å². The van der Waals surface area contributed by atoms with Crippen molar-refractivity contribution in [2.45, 2.75) is 30.1 Å². The van der Waals surface area contributed by atoms with Gasteiger partial charge in [0.05, 0.1) is 0 Å². The molecule has 1 aliphatic heterocycles. The van der Waals surface area contributed by atoms with Crippen LogP contribution in [0.2, 0.25) is 0 Å². The predicted molar refractivity (Wildman–Crippen MR) is 60.4 cm³/mol. The molecule has 1 saturated heterocycles. The summed E-state index contributed by atoms with van der Waals surface area (Å²) in [4.78, 5) is 1.31. The zero-order chi connectivity index (χ0) is 9.80. The topological polar surface area (TPSA) is 9.23 Å². The van der Waals surface area contributed by atoms with Crippen LogP contribution in [0.4, 0.5) is 0 Å². The Balaban J connectivity index is 1.91. The highest BCUT2D eigenvalue weighted by molar-refractivity contribution is 7.99. The van der Waals surface area contributed by atoms with Gasteiger partial charge in [-0.2, -0.15) is 0 Å². The van der Waals surface area contributed by atoms with E-state index in [0.717, 1.165) is 12.5 Å². The molecule has 1 aromatic rings. The molecule has 1 fully saturated rings. The number of hydrogen-bond acceptors (Lipinski definition) is 2. The van der Waals surface area contributed by atoms with E-state index in [4.69, 9.17) is 4.74 Å². The molecule has 2 heteroatoms. The van der Waals surface area contributed by atoms with E-state index in [9.17, 15) is 0 Å². The van der Waals surface area contributed by atoms with Crippen LogP contribution in [0, 0.1) is 5.92 Å². The fourth-order valence-electron chi connectivity index (χ4n) is 1.65. The summed E-state index contributed by atoms with van der Waals surface area (Å²) in [5.41, 5.74) is 0.362. The average molecular weight is 208 g/mol. The Morgan fingerprint density at radius 2 is 2.07 bits per heavy atom. The van der Waals surface area contributed by atoms with Crippen molar-refractivity contribution < 1.29 is 4.74 Å². The summed E-state index contributed by atoms with van der Waals surface area (Å²) in [6.45, 7) is 3.23. The lowest BCUT2D eigenvalue weighted by Crippen LogP contribution is -2.21. The molecule has 0 saturated carbocycles. The van der Waals surface area contributed by atoms with E-state index in [1.165, 1.54) is 17.7 Å². The molecular formula is C12H16OS. The second-order valence-electron chi connectivity index (χ2n) is 3.86. The Hall–Kier alpha value is -0.470. The molecular weight excluding hydrogens is 192 g/mol. The number of ether oxygens (including phenoxy) is 1. The molecule has 0 amide bonds. The van der Waals surface area contributed by atoms with E-state index in [1.807, 2.05) is 11.8 Å². The largest absolute Gasteiger partial charge is 0.367 e. The van der Waals surface area contributed by atoms with Crippen LogP contribution in [-0.4, -0.2) is 12.0 Å². The molecule has 0 aromatic heterocycles. The first-order valence-corrected chi connectivity index (χ1v) is 6.06. The first-order valence-electron chi connectivity index (χ1n) is 5.18. The van der Waals surface area contributed by atoms with Crippen LogP contribution in [0.25, 0.3) is 0 Å². The van der Waals surface area contributed by atoms with Crippen LogP contribution in [0.1, 0.15) is 19.8 Å². The summed E-state index contributed by atoms with van der Waals surface area (Å²) in [7, 11) is 0. The smallest absolute Gasteiger partial charge is 0.108 e. The minimum absolute atomic E-state index is 0.362. The molecule has 76 valence electrons. The Morgan fingerprint density at radius 3 is 2.79 bits per heavy atom. The molecule has 0 aliphatic carbocycles. The highest BCUT2D eigenvalue weighted by atomic mass is 32.2. The van der Waals surface area contributed by atoms with E-state index in [1.54, 1.807) is 0 Å². The lowest BCUT2D eigenvalue weighted by molar-refractivity contribution is 0.0487. The molecule has 2 rings (SSSR count). The van der Waals surface area contributed by atoms with Gasteiger partial charge in [0.25, 0.3) is 0 Å². The summed E-state index contributed by atoms with van der Waals surface area (Å²) in [6, 6.07) is 10.5. The monoisotopic (exact) mass is 208 g/mol. The van der Waals surface area contributed by atoms with Crippen molar-refractivity contribution in [1.82, 2.24) is 0 Å². The van der Waals surface area contributed by atoms with Crippen molar-refractivity contribution >= 4 is 11.8 Å².